The molecule has 4 heteroatoms. The first-order chi connectivity index (χ1) is 10.7. The third-order valence-electron chi connectivity index (χ3n) is 4.56. The van der Waals surface area contributed by atoms with Crippen molar-refractivity contribution in [2.45, 2.75) is 25.0 Å². The van der Waals surface area contributed by atoms with Gasteiger partial charge in [0.1, 0.15) is 5.60 Å². The molecular formula is C18H18N2O2. The van der Waals surface area contributed by atoms with Crippen LogP contribution in [0.5, 0.6) is 0 Å². The maximum Gasteiger partial charge on any atom is 0.180 e. The summed E-state index contributed by atoms with van der Waals surface area (Å²) in [7, 11) is 0. The molecular weight excluding hydrogens is 276 g/mol. The fraction of sp³-hybridized carbons (Fsp3) is 0.278. The molecule has 1 heterocycles. The summed E-state index contributed by atoms with van der Waals surface area (Å²) in [5.74, 6) is 0.0159. The highest BCUT2D eigenvalue weighted by molar-refractivity contribution is 5.96. The van der Waals surface area contributed by atoms with Gasteiger partial charge in [-0.1, -0.05) is 36.4 Å². The Hall–Kier alpha value is -2.33. The largest absolute Gasteiger partial charge is 0.394 e. The lowest BCUT2D eigenvalue weighted by Crippen LogP contribution is -2.37. The number of hydrogen-bond donors (Lipinski definition) is 2. The van der Waals surface area contributed by atoms with E-state index in [0.717, 1.165) is 17.7 Å². The summed E-state index contributed by atoms with van der Waals surface area (Å²) < 4.78 is 5.57. The van der Waals surface area contributed by atoms with Gasteiger partial charge in [0.2, 0.25) is 0 Å². The van der Waals surface area contributed by atoms with Crippen LogP contribution in [0.1, 0.15) is 18.4 Å². The molecule has 2 aromatic rings. The van der Waals surface area contributed by atoms with Gasteiger partial charge in [-0.15, -0.1) is 0 Å². The molecule has 1 spiro atoms. The van der Waals surface area contributed by atoms with Gasteiger partial charge in [0.25, 0.3) is 0 Å². The normalized spacial score (nSPS) is 24.1. The van der Waals surface area contributed by atoms with Crippen molar-refractivity contribution in [3.05, 3.63) is 59.4 Å². The van der Waals surface area contributed by atoms with E-state index in [0.29, 0.717) is 25.3 Å². The number of rotatable bonds is 3. The van der Waals surface area contributed by atoms with E-state index in [1.807, 2.05) is 12.1 Å². The minimum Gasteiger partial charge on any atom is -0.394 e. The van der Waals surface area contributed by atoms with E-state index < -0.39 is 0 Å². The van der Waals surface area contributed by atoms with Gasteiger partial charge in [-0.05, 0) is 28.8 Å². The predicted octanol–water partition coefficient (Wildman–Crippen LogP) is 2.23. The molecule has 0 aromatic heterocycles. The molecule has 4 nitrogen and oxygen atoms in total. The van der Waals surface area contributed by atoms with Gasteiger partial charge in [0.15, 0.2) is 5.78 Å². The summed E-state index contributed by atoms with van der Waals surface area (Å²) >= 11 is 0. The summed E-state index contributed by atoms with van der Waals surface area (Å²) in [6, 6.07) is 14.6. The van der Waals surface area contributed by atoms with Crippen LogP contribution in [0.2, 0.25) is 0 Å². The van der Waals surface area contributed by atoms with Crippen molar-refractivity contribution in [1.82, 2.24) is 5.32 Å². The minimum atomic E-state index is -0.325. The third kappa shape index (κ3) is 2.16. The highest BCUT2D eigenvalue weighted by Gasteiger charge is 2.52. The second-order valence-corrected chi connectivity index (χ2v) is 6.03. The fourth-order valence-electron chi connectivity index (χ4n) is 3.13. The molecule has 0 radical (unpaired) electrons. The molecule has 0 saturated carbocycles. The quantitative estimate of drug-likeness (QED) is 0.852. The zero-order valence-corrected chi connectivity index (χ0v) is 12.3. The van der Waals surface area contributed by atoms with Crippen LogP contribution in [0, 0.1) is 0 Å². The Morgan fingerprint density at radius 2 is 1.95 bits per heavy atom. The average Bonchev–Trinajstić information content (AvgIpc) is 3.32. The molecule has 2 aliphatic rings. The Labute approximate surface area is 128 Å². The second-order valence-electron chi connectivity index (χ2n) is 6.03. The van der Waals surface area contributed by atoms with Gasteiger partial charge >= 0.3 is 0 Å². The summed E-state index contributed by atoms with van der Waals surface area (Å²) in [5, 5.41) is 5.78. The zero-order valence-electron chi connectivity index (χ0n) is 12.3. The van der Waals surface area contributed by atoms with E-state index in [4.69, 9.17) is 10.5 Å². The van der Waals surface area contributed by atoms with Gasteiger partial charge in [-0.3, -0.25) is 4.79 Å². The Balaban J connectivity index is 1.58. The van der Waals surface area contributed by atoms with Gasteiger partial charge in [0, 0.05) is 13.0 Å². The lowest BCUT2D eigenvalue weighted by molar-refractivity contribution is -0.116. The molecule has 1 aliphatic carbocycles. The molecule has 0 bridgehead atoms. The number of ketones is 1. The van der Waals surface area contributed by atoms with E-state index in [1.54, 1.807) is 0 Å². The third-order valence-corrected chi connectivity index (χ3v) is 4.56. The van der Waals surface area contributed by atoms with E-state index in [9.17, 15) is 4.79 Å². The smallest absolute Gasteiger partial charge is 0.180 e. The number of nitrogens with two attached hydrogens (primary N) is 1. The molecule has 1 saturated heterocycles. The maximum absolute atomic E-state index is 11.8. The van der Waals surface area contributed by atoms with Crippen LogP contribution < -0.4 is 11.1 Å². The predicted molar refractivity (Wildman–Crippen MR) is 84.9 cm³/mol. The van der Waals surface area contributed by atoms with Gasteiger partial charge < -0.3 is 15.8 Å². The number of carbonyl (C=O) groups excluding carboxylic acids is 1. The Bertz CT molecular complexity index is 791. The van der Waals surface area contributed by atoms with Crippen LogP contribution in [0.25, 0.3) is 10.8 Å². The number of hydrogen-bond acceptors (Lipinski definition) is 4. The number of carbonyl (C=O) groups is 1. The minimum absolute atomic E-state index is 0.0159. The van der Waals surface area contributed by atoms with E-state index in [-0.39, 0.29) is 11.4 Å². The van der Waals surface area contributed by atoms with Crippen molar-refractivity contribution >= 4 is 16.6 Å². The van der Waals surface area contributed by atoms with Gasteiger partial charge in [-0.2, -0.15) is 0 Å². The summed E-state index contributed by atoms with van der Waals surface area (Å²) in [6.45, 7) is 1.29. The SMILES string of the molecule is NC1=C(NCc2ccc3ccccc3c2)C2(CCC1=O)CO2. The molecule has 0 amide bonds. The highest BCUT2D eigenvalue weighted by Crippen LogP contribution is 2.42. The molecule has 2 aromatic carbocycles. The first-order valence-corrected chi connectivity index (χ1v) is 7.57. The number of ether oxygens (including phenoxy) is 1. The highest BCUT2D eigenvalue weighted by atomic mass is 16.6. The molecule has 22 heavy (non-hydrogen) atoms. The standard InChI is InChI=1S/C18H18N2O2/c19-16-15(21)7-8-18(11-22-18)17(16)20-10-12-5-6-13-3-1-2-4-14(13)9-12/h1-6,9,20H,7-8,10-11,19H2. The van der Waals surface area contributed by atoms with E-state index in [1.165, 1.54) is 10.8 Å². The number of nitrogens with one attached hydrogen (secondary N) is 1. The summed E-state index contributed by atoms with van der Waals surface area (Å²) in [4.78, 5) is 11.8. The van der Waals surface area contributed by atoms with Crippen molar-refractivity contribution in [2.24, 2.45) is 5.73 Å². The Morgan fingerprint density at radius 1 is 1.18 bits per heavy atom. The van der Waals surface area contributed by atoms with Crippen molar-refractivity contribution in [1.29, 1.82) is 0 Å². The topological polar surface area (TPSA) is 67.6 Å². The Morgan fingerprint density at radius 3 is 2.73 bits per heavy atom. The number of benzene rings is 2. The second kappa shape index (κ2) is 4.85. The molecule has 112 valence electrons. The zero-order chi connectivity index (χ0) is 15.2. The van der Waals surface area contributed by atoms with Crippen molar-refractivity contribution in [3.63, 3.8) is 0 Å². The maximum atomic E-state index is 11.8. The molecule has 1 aliphatic heterocycles. The number of allylic oxidation sites excluding steroid dienone is 1. The summed E-state index contributed by atoms with van der Waals surface area (Å²) in [6.07, 6.45) is 1.21. The monoisotopic (exact) mass is 294 g/mol. The molecule has 3 N–H and O–H groups in total. The fourth-order valence-corrected chi connectivity index (χ4v) is 3.13. The first-order valence-electron chi connectivity index (χ1n) is 7.57. The molecule has 4 rings (SSSR count). The van der Waals surface area contributed by atoms with Crippen LogP contribution in [0.3, 0.4) is 0 Å². The number of epoxide rings is 1. The summed E-state index contributed by atoms with van der Waals surface area (Å²) in [5.41, 5.74) is 7.93. The van der Waals surface area contributed by atoms with E-state index in [2.05, 4.69) is 35.6 Å². The number of Topliss-reactive ketones (excluding diaryl/α,β-unsaturated/α-hetero) is 1. The van der Waals surface area contributed by atoms with Crippen molar-refractivity contribution in [3.8, 4) is 0 Å². The van der Waals surface area contributed by atoms with Gasteiger partial charge in [-0.25, -0.2) is 0 Å². The lowest BCUT2D eigenvalue weighted by Gasteiger charge is -2.24. The molecule has 1 atom stereocenters. The van der Waals surface area contributed by atoms with Gasteiger partial charge in [0.05, 0.1) is 18.0 Å². The Kier molecular flexibility index (Phi) is 2.94. The first kappa shape index (κ1) is 13.3. The lowest BCUT2D eigenvalue weighted by atomic mass is 9.89. The van der Waals surface area contributed by atoms with Crippen LogP contribution in [0.4, 0.5) is 0 Å². The van der Waals surface area contributed by atoms with Crippen LogP contribution in [-0.4, -0.2) is 18.0 Å². The average molecular weight is 294 g/mol. The van der Waals surface area contributed by atoms with Crippen LogP contribution in [0.15, 0.2) is 53.9 Å². The van der Waals surface area contributed by atoms with E-state index >= 15 is 0 Å². The van der Waals surface area contributed by atoms with Crippen molar-refractivity contribution in [2.75, 3.05) is 6.61 Å². The van der Waals surface area contributed by atoms with Crippen LogP contribution in [-0.2, 0) is 16.1 Å². The number of fused-ring (bicyclic) bond motifs is 1. The van der Waals surface area contributed by atoms with Crippen molar-refractivity contribution < 1.29 is 9.53 Å². The molecule has 1 fully saturated rings. The molecule has 1 unspecified atom stereocenters. The van der Waals surface area contributed by atoms with Crippen LogP contribution >= 0.6 is 0 Å².